The Bertz CT molecular complexity index is 359. The summed E-state index contributed by atoms with van der Waals surface area (Å²) >= 11 is 2.45. The number of alkyl halides is 1. The van der Waals surface area contributed by atoms with Gasteiger partial charge in [-0.05, 0) is 30.5 Å². The third-order valence-corrected chi connectivity index (χ3v) is 4.83. The van der Waals surface area contributed by atoms with Crippen molar-refractivity contribution in [2.45, 2.75) is 37.9 Å². The molecule has 0 bridgehead atoms. The second kappa shape index (κ2) is 6.05. The lowest BCUT2D eigenvalue weighted by atomic mass is 10.1. The van der Waals surface area contributed by atoms with Crippen LogP contribution in [0, 0.1) is 0 Å². The minimum absolute atomic E-state index is 0.129. The zero-order chi connectivity index (χ0) is 12.1. The average molecular weight is 346 g/mol. The molecule has 0 amide bonds. The molecule has 0 saturated heterocycles. The summed E-state index contributed by atoms with van der Waals surface area (Å²) in [6, 6.07) is 8.13. The molecular formula is C14H19IO2. The second-order valence-corrected chi connectivity index (χ2v) is 5.43. The van der Waals surface area contributed by atoms with Crippen LogP contribution < -0.4 is 4.74 Å². The number of halogens is 1. The molecule has 0 unspecified atom stereocenters. The highest BCUT2D eigenvalue weighted by molar-refractivity contribution is 14.1. The summed E-state index contributed by atoms with van der Waals surface area (Å²) in [5, 5.41) is 0. The van der Waals surface area contributed by atoms with Crippen molar-refractivity contribution < 1.29 is 9.47 Å². The Labute approximate surface area is 117 Å². The minimum atomic E-state index is 0.129. The van der Waals surface area contributed by atoms with Gasteiger partial charge in [-0.2, -0.15) is 0 Å². The molecule has 0 heterocycles. The van der Waals surface area contributed by atoms with Gasteiger partial charge in [0.2, 0.25) is 0 Å². The van der Waals surface area contributed by atoms with E-state index in [-0.39, 0.29) is 5.60 Å². The second-order valence-electron chi connectivity index (χ2n) is 4.66. The van der Waals surface area contributed by atoms with Crippen LogP contribution in [0.2, 0.25) is 0 Å². The smallest absolute Gasteiger partial charge is 0.119 e. The molecule has 94 valence electrons. The van der Waals surface area contributed by atoms with Gasteiger partial charge in [0.15, 0.2) is 0 Å². The molecule has 0 aromatic heterocycles. The van der Waals surface area contributed by atoms with Crippen molar-refractivity contribution in [1.29, 1.82) is 0 Å². The van der Waals surface area contributed by atoms with Gasteiger partial charge in [0.05, 0.1) is 19.3 Å². The number of rotatable bonds is 5. The van der Waals surface area contributed by atoms with E-state index in [2.05, 4.69) is 34.7 Å². The van der Waals surface area contributed by atoms with Crippen LogP contribution in [-0.4, -0.2) is 17.1 Å². The fourth-order valence-electron chi connectivity index (χ4n) is 2.33. The van der Waals surface area contributed by atoms with E-state index in [1.807, 2.05) is 12.1 Å². The van der Waals surface area contributed by atoms with Crippen LogP contribution in [0.25, 0.3) is 0 Å². The molecule has 17 heavy (non-hydrogen) atoms. The van der Waals surface area contributed by atoms with Crippen LogP contribution in [0.4, 0.5) is 0 Å². The van der Waals surface area contributed by atoms with Crippen molar-refractivity contribution in [1.82, 2.24) is 0 Å². The molecule has 3 heteroatoms. The van der Waals surface area contributed by atoms with Crippen molar-refractivity contribution >= 4 is 22.6 Å². The Morgan fingerprint density at radius 1 is 1.29 bits per heavy atom. The van der Waals surface area contributed by atoms with E-state index in [1.165, 1.54) is 31.2 Å². The van der Waals surface area contributed by atoms with Crippen molar-refractivity contribution in [3.8, 4) is 5.75 Å². The molecule has 1 aliphatic carbocycles. The summed E-state index contributed by atoms with van der Waals surface area (Å²) in [6.07, 6.45) is 5.03. The molecule has 2 nitrogen and oxygen atoms in total. The number of hydrogen-bond donors (Lipinski definition) is 0. The highest BCUT2D eigenvalue weighted by Gasteiger charge is 2.33. The molecule has 1 aromatic carbocycles. The fraction of sp³-hybridized carbons (Fsp3) is 0.571. The van der Waals surface area contributed by atoms with Crippen LogP contribution in [-0.2, 0) is 11.3 Å². The van der Waals surface area contributed by atoms with E-state index < -0.39 is 0 Å². The lowest BCUT2D eigenvalue weighted by Crippen LogP contribution is -2.30. The molecule has 0 atom stereocenters. The predicted octanol–water partition coefficient (Wildman–Crippen LogP) is 3.96. The molecule has 0 aliphatic heterocycles. The maximum absolute atomic E-state index is 6.16. The average Bonchev–Trinajstić information content (AvgIpc) is 2.86. The summed E-state index contributed by atoms with van der Waals surface area (Å²) in [6.45, 7) is 0.695. The molecule has 2 rings (SSSR count). The molecule has 0 radical (unpaired) electrons. The number of benzene rings is 1. The van der Waals surface area contributed by atoms with E-state index in [1.54, 1.807) is 7.11 Å². The largest absolute Gasteiger partial charge is 0.497 e. The molecular weight excluding hydrogens is 327 g/mol. The summed E-state index contributed by atoms with van der Waals surface area (Å²) in [5.74, 6) is 0.904. The summed E-state index contributed by atoms with van der Waals surface area (Å²) in [7, 11) is 1.70. The van der Waals surface area contributed by atoms with Gasteiger partial charge in [-0.3, -0.25) is 0 Å². The van der Waals surface area contributed by atoms with Crippen molar-refractivity contribution in [3.63, 3.8) is 0 Å². The number of ether oxygens (including phenoxy) is 2. The van der Waals surface area contributed by atoms with Gasteiger partial charge in [0, 0.05) is 4.43 Å². The quantitative estimate of drug-likeness (QED) is 0.594. The van der Waals surface area contributed by atoms with Crippen molar-refractivity contribution in [3.05, 3.63) is 29.8 Å². The van der Waals surface area contributed by atoms with Crippen LogP contribution >= 0.6 is 22.6 Å². The Morgan fingerprint density at radius 2 is 2.06 bits per heavy atom. The van der Waals surface area contributed by atoms with E-state index in [9.17, 15) is 0 Å². The van der Waals surface area contributed by atoms with E-state index >= 15 is 0 Å². The Hall–Kier alpha value is -0.290. The maximum Gasteiger partial charge on any atom is 0.119 e. The third-order valence-electron chi connectivity index (χ3n) is 3.44. The lowest BCUT2D eigenvalue weighted by Gasteiger charge is -2.27. The van der Waals surface area contributed by atoms with Crippen LogP contribution in [0.15, 0.2) is 24.3 Å². The van der Waals surface area contributed by atoms with Gasteiger partial charge < -0.3 is 9.47 Å². The van der Waals surface area contributed by atoms with Gasteiger partial charge in [-0.15, -0.1) is 0 Å². The Balaban J connectivity index is 1.96. The SMILES string of the molecule is COc1cccc(COC2(CI)CCCC2)c1. The first-order valence-electron chi connectivity index (χ1n) is 6.11. The summed E-state index contributed by atoms with van der Waals surface area (Å²) < 4.78 is 12.5. The standard InChI is InChI=1S/C14H19IO2/c1-16-13-6-4-5-12(9-13)10-17-14(11-15)7-2-3-8-14/h4-6,9H,2-3,7-8,10-11H2,1H3. The highest BCUT2D eigenvalue weighted by atomic mass is 127. The van der Waals surface area contributed by atoms with Gasteiger partial charge in [0.1, 0.15) is 5.75 Å². The van der Waals surface area contributed by atoms with Crippen molar-refractivity contribution in [2.75, 3.05) is 11.5 Å². The van der Waals surface area contributed by atoms with Gasteiger partial charge >= 0.3 is 0 Å². The van der Waals surface area contributed by atoms with E-state index in [0.29, 0.717) is 6.61 Å². The molecule has 1 saturated carbocycles. The molecule has 0 N–H and O–H groups in total. The van der Waals surface area contributed by atoms with Crippen LogP contribution in [0.1, 0.15) is 31.2 Å². The first-order chi connectivity index (χ1) is 8.28. The maximum atomic E-state index is 6.16. The molecule has 0 spiro atoms. The molecule has 1 fully saturated rings. The Kier molecular flexibility index (Phi) is 4.68. The normalized spacial score (nSPS) is 18.2. The van der Waals surface area contributed by atoms with Gasteiger partial charge in [-0.25, -0.2) is 0 Å². The monoisotopic (exact) mass is 346 g/mol. The Morgan fingerprint density at radius 3 is 2.71 bits per heavy atom. The van der Waals surface area contributed by atoms with E-state index in [4.69, 9.17) is 9.47 Å². The summed E-state index contributed by atoms with van der Waals surface area (Å²) in [5.41, 5.74) is 1.32. The first-order valence-corrected chi connectivity index (χ1v) is 7.63. The van der Waals surface area contributed by atoms with Crippen molar-refractivity contribution in [2.24, 2.45) is 0 Å². The van der Waals surface area contributed by atoms with Crippen LogP contribution in [0.3, 0.4) is 0 Å². The predicted molar refractivity (Wildman–Crippen MR) is 77.9 cm³/mol. The third kappa shape index (κ3) is 3.35. The topological polar surface area (TPSA) is 18.5 Å². The first kappa shape index (κ1) is 13.1. The number of methoxy groups -OCH3 is 1. The van der Waals surface area contributed by atoms with Crippen LogP contribution in [0.5, 0.6) is 5.75 Å². The van der Waals surface area contributed by atoms with Gasteiger partial charge in [0.25, 0.3) is 0 Å². The number of hydrogen-bond acceptors (Lipinski definition) is 2. The zero-order valence-corrected chi connectivity index (χ0v) is 12.4. The van der Waals surface area contributed by atoms with E-state index in [0.717, 1.165) is 10.2 Å². The minimum Gasteiger partial charge on any atom is -0.497 e. The molecule has 1 aromatic rings. The zero-order valence-electron chi connectivity index (χ0n) is 10.2. The summed E-state index contributed by atoms with van der Waals surface area (Å²) in [4.78, 5) is 0. The lowest BCUT2D eigenvalue weighted by molar-refractivity contribution is -0.0318. The highest BCUT2D eigenvalue weighted by Crippen LogP contribution is 2.35. The fourth-order valence-corrected chi connectivity index (χ4v) is 3.32. The van der Waals surface area contributed by atoms with Gasteiger partial charge in [-0.1, -0.05) is 47.6 Å². The molecule has 1 aliphatic rings.